The molecule has 3 heteroatoms. The summed E-state index contributed by atoms with van der Waals surface area (Å²) in [7, 11) is 4.35. The Hall–Kier alpha value is -0.590. The van der Waals surface area contributed by atoms with E-state index in [1.807, 2.05) is 0 Å². The molecule has 2 fully saturated rings. The highest BCUT2D eigenvalue weighted by atomic mass is 15.2. The molecule has 2 aliphatic rings. The maximum absolute atomic E-state index is 9.28. The van der Waals surface area contributed by atoms with E-state index in [2.05, 4.69) is 30.0 Å². The number of likely N-dealkylation sites (tertiary alicyclic amines) is 1. The first kappa shape index (κ1) is 12.9. The van der Waals surface area contributed by atoms with Crippen molar-refractivity contribution in [1.29, 1.82) is 5.26 Å². The van der Waals surface area contributed by atoms with Crippen molar-refractivity contribution in [3.63, 3.8) is 0 Å². The molecule has 0 spiro atoms. The van der Waals surface area contributed by atoms with Crippen LogP contribution >= 0.6 is 0 Å². The van der Waals surface area contributed by atoms with Crippen molar-refractivity contribution in [3.05, 3.63) is 0 Å². The molecule has 0 aromatic heterocycles. The molecule has 3 unspecified atom stereocenters. The Balaban J connectivity index is 1.98. The van der Waals surface area contributed by atoms with Gasteiger partial charge in [0.1, 0.15) is 0 Å². The fourth-order valence-corrected chi connectivity index (χ4v) is 3.40. The van der Waals surface area contributed by atoms with Crippen LogP contribution in [0.1, 0.15) is 38.5 Å². The Morgan fingerprint density at radius 2 is 1.88 bits per heavy atom. The summed E-state index contributed by atoms with van der Waals surface area (Å²) in [6.07, 6.45) is 7.51. The van der Waals surface area contributed by atoms with Gasteiger partial charge in [-0.25, -0.2) is 0 Å². The zero-order valence-corrected chi connectivity index (χ0v) is 11.2. The SMILES string of the molecule is CN(C)C1CCCN(C2CCCCC2C#N)C1. The molecule has 1 aliphatic carbocycles. The van der Waals surface area contributed by atoms with Crippen molar-refractivity contribution in [1.82, 2.24) is 9.80 Å². The summed E-state index contributed by atoms with van der Waals surface area (Å²) in [5.74, 6) is 0.282. The number of piperidine rings is 1. The first-order valence-corrected chi connectivity index (χ1v) is 7.02. The number of nitriles is 1. The molecule has 1 saturated carbocycles. The van der Waals surface area contributed by atoms with Crippen LogP contribution in [0.3, 0.4) is 0 Å². The lowest BCUT2D eigenvalue weighted by atomic mass is 9.83. The van der Waals surface area contributed by atoms with Gasteiger partial charge in [-0.2, -0.15) is 5.26 Å². The first-order valence-electron chi connectivity index (χ1n) is 7.02. The van der Waals surface area contributed by atoms with Crippen LogP contribution in [0.15, 0.2) is 0 Å². The Morgan fingerprint density at radius 1 is 1.12 bits per heavy atom. The van der Waals surface area contributed by atoms with E-state index < -0.39 is 0 Å². The van der Waals surface area contributed by atoms with Crippen molar-refractivity contribution >= 4 is 0 Å². The molecule has 1 heterocycles. The van der Waals surface area contributed by atoms with E-state index in [-0.39, 0.29) is 5.92 Å². The van der Waals surface area contributed by atoms with Gasteiger partial charge in [0.05, 0.1) is 12.0 Å². The fourth-order valence-electron chi connectivity index (χ4n) is 3.40. The van der Waals surface area contributed by atoms with Gasteiger partial charge in [-0.1, -0.05) is 12.8 Å². The summed E-state index contributed by atoms with van der Waals surface area (Å²) in [6.45, 7) is 2.36. The molecule has 2 rings (SSSR count). The van der Waals surface area contributed by atoms with E-state index in [4.69, 9.17) is 0 Å². The highest BCUT2D eigenvalue weighted by Gasteiger charge is 2.33. The van der Waals surface area contributed by atoms with Gasteiger partial charge >= 0.3 is 0 Å². The maximum Gasteiger partial charge on any atom is 0.0672 e. The van der Waals surface area contributed by atoms with Crippen LogP contribution in [0.5, 0.6) is 0 Å². The van der Waals surface area contributed by atoms with Gasteiger partial charge in [-0.15, -0.1) is 0 Å². The van der Waals surface area contributed by atoms with E-state index in [1.165, 1.54) is 38.6 Å². The van der Waals surface area contributed by atoms with E-state index in [9.17, 15) is 5.26 Å². The second-order valence-corrected chi connectivity index (χ2v) is 5.84. The normalized spacial score (nSPS) is 35.8. The summed E-state index contributed by atoms with van der Waals surface area (Å²) < 4.78 is 0. The molecule has 3 atom stereocenters. The van der Waals surface area contributed by atoms with Gasteiger partial charge in [0.25, 0.3) is 0 Å². The van der Waals surface area contributed by atoms with Crippen molar-refractivity contribution < 1.29 is 0 Å². The first-order chi connectivity index (χ1) is 8.22. The Kier molecular flexibility index (Phi) is 4.42. The van der Waals surface area contributed by atoms with Crippen molar-refractivity contribution in [2.24, 2.45) is 5.92 Å². The third kappa shape index (κ3) is 3.00. The molecule has 96 valence electrons. The van der Waals surface area contributed by atoms with Crippen molar-refractivity contribution in [3.8, 4) is 6.07 Å². The molecule has 0 aromatic rings. The van der Waals surface area contributed by atoms with E-state index in [0.29, 0.717) is 12.1 Å². The highest BCUT2D eigenvalue weighted by Crippen LogP contribution is 2.30. The standard InChI is InChI=1S/C14H25N3/c1-16(2)13-7-5-9-17(11-13)14-8-4-3-6-12(14)10-15/h12-14H,3-9,11H2,1-2H3. The lowest BCUT2D eigenvalue weighted by Crippen LogP contribution is -2.51. The zero-order chi connectivity index (χ0) is 12.3. The average Bonchev–Trinajstić information content (AvgIpc) is 2.39. The number of nitrogens with zero attached hydrogens (tertiary/aromatic N) is 3. The lowest BCUT2D eigenvalue weighted by molar-refractivity contribution is 0.0625. The molecule has 1 saturated heterocycles. The monoisotopic (exact) mass is 235 g/mol. The van der Waals surface area contributed by atoms with Gasteiger partial charge in [-0.3, -0.25) is 4.90 Å². The Labute approximate surface area is 105 Å². The largest absolute Gasteiger partial charge is 0.305 e. The topological polar surface area (TPSA) is 30.3 Å². The molecular weight excluding hydrogens is 210 g/mol. The molecule has 0 bridgehead atoms. The van der Waals surface area contributed by atoms with Crippen LogP contribution in [0.25, 0.3) is 0 Å². The molecular formula is C14H25N3. The number of hydrogen-bond donors (Lipinski definition) is 0. The average molecular weight is 235 g/mol. The third-order valence-corrected chi connectivity index (χ3v) is 4.52. The third-order valence-electron chi connectivity index (χ3n) is 4.52. The number of hydrogen-bond acceptors (Lipinski definition) is 3. The van der Waals surface area contributed by atoms with Gasteiger partial charge in [-0.05, 0) is 46.3 Å². The molecule has 17 heavy (non-hydrogen) atoms. The van der Waals surface area contributed by atoms with Crippen LogP contribution in [0.4, 0.5) is 0 Å². The predicted molar refractivity (Wildman–Crippen MR) is 69.6 cm³/mol. The van der Waals surface area contributed by atoms with Crippen LogP contribution in [0, 0.1) is 17.2 Å². The van der Waals surface area contributed by atoms with Gasteiger partial charge in [0.15, 0.2) is 0 Å². The van der Waals surface area contributed by atoms with E-state index >= 15 is 0 Å². The summed E-state index contributed by atoms with van der Waals surface area (Å²) in [5, 5.41) is 9.28. The second-order valence-electron chi connectivity index (χ2n) is 5.84. The smallest absolute Gasteiger partial charge is 0.0672 e. The molecule has 1 aliphatic heterocycles. The van der Waals surface area contributed by atoms with E-state index in [0.717, 1.165) is 13.0 Å². The van der Waals surface area contributed by atoms with Crippen LogP contribution in [-0.4, -0.2) is 49.1 Å². The van der Waals surface area contributed by atoms with Gasteiger partial charge in [0.2, 0.25) is 0 Å². The van der Waals surface area contributed by atoms with Crippen LogP contribution in [0.2, 0.25) is 0 Å². The summed E-state index contributed by atoms with van der Waals surface area (Å²) in [6, 6.07) is 3.76. The van der Waals surface area contributed by atoms with E-state index in [1.54, 1.807) is 0 Å². The summed E-state index contributed by atoms with van der Waals surface area (Å²) in [4.78, 5) is 4.94. The molecule has 0 radical (unpaired) electrons. The maximum atomic E-state index is 9.28. The minimum Gasteiger partial charge on any atom is -0.305 e. The number of rotatable bonds is 2. The van der Waals surface area contributed by atoms with Gasteiger partial charge in [0, 0.05) is 18.6 Å². The molecule has 0 amide bonds. The highest BCUT2D eigenvalue weighted by molar-refractivity contribution is 4.97. The number of likely N-dealkylation sites (N-methyl/N-ethyl adjacent to an activating group) is 1. The summed E-state index contributed by atoms with van der Waals surface area (Å²) >= 11 is 0. The lowest BCUT2D eigenvalue weighted by Gasteiger charge is -2.43. The minimum absolute atomic E-state index is 0.282. The van der Waals surface area contributed by atoms with Crippen molar-refractivity contribution in [2.45, 2.75) is 50.6 Å². The van der Waals surface area contributed by atoms with Gasteiger partial charge < -0.3 is 4.90 Å². The minimum atomic E-state index is 0.282. The second kappa shape index (κ2) is 5.84. The molecule has 3 nitrogen and oxygen atoms in total. The predicted octanol–water partition coefficient (Wildman–Crippen LogP) is 2.09. The van der Waals surface area contributed by atoms with Crippen LogP contribution < -0.4 is 0 Å². The fraction of sp³-hybridized carbons (Fsp3) is 0.929. The Morgan fingerprint density at radius 3 is 2.59 bits per heavy atom. The quantitative estimate of drug-likeness (QED) is 0.734. The Bertz CT molecular complexity index is 282. The molecule has 0 aromatic carbocycles. The van der Waals surface area contributed by atoms with Crippen molar-refractivity contribution in [2.75, 3.05) is 27.2 Å². The zero-order valence-electron chi connectivity index (χ0n) is 11.2. The van der Waals surface area contributed by atoms with Crippen LogP contribution in [-0.2, 0) is 0 Å². The molecule has 0 N–H and O–H groups in total. The summed E-state index contributed by atoms with van der Waals surface area (Å²) in [5.41, 5.74) is 0.